The molecule has 2 rings (SSSR count). The van der Waals surface area contributed by atoms with E-state index in [1.165, 1.54) is 0 Å². The fraction of sp³-hybridized carbons (Fsp3) is 0.250. The van der Waals surface area contributed by atoms with Gasteiger partial charge >= 0.3 is 0 Å². The van der Waals surface area contributed by atoms with Gasteiger partial charge in [-0.25, -0.2) is 0 Å². The zero-order valence-corrected chi connectivity index (χ0v) is 9.73. The van der Waals surface area contributed by atoms with Crippen LogP contribution in [-0.2, 0) is 0 Å². The Labute approximate surface area is 104 Å². The van der Waals surface area contributed by atoms with Crippen molar-refractivity contribution >= 4 is 11.4 Å². The molecule has 0 bridgehead atoms. The molecule has 0 spiro atoms. The van der Waals surface area contributed by atoms with Crippen LogP contribution in [0.3, 0.4) is 0 Å². The van der Waals surface area contributed by atoms with Crippen molar-refractivity contribution in [2.75, 3.05) is 18.6 Å². The van der Waals surface area contributed by atoms with E-state index >= 15 is 0 Å². The zero-order valence-electron chi connectivity index (χ0n) is 9.73. The minimum absolute atomic E-state index is 0.232. The second-order valence-electron chi connectivity index (χ2n) is 3.61. The predicted molar refractivity (Wildman–Crippen MR) is 64.5 cm³/mol. The van der Waals surface area contributed by atoms with Crippen molar-refractivity contribution in [2.24, 2.45) is 5.10 Å². The lowest BCUT2D eigenvalue weighted by molar-refractivity contribution is 0.171. The lowest BCUT2D eigenvalue weighted by Gasteiger charge is -2.20. The number of nitrogens with one attached hydrogen (secondary N) is 1. The van der Waals surface area contributed by atoms with Crippen molar-refractivity contribution in [1.82, 2.24) is 0 Å². The third-order valence-electron chi connectivity index (χ3n) is 2.39. The van der Waals surface area contributed by atoms with Gasteiger partial charge in [-0.1, -0.05) is 0 Å². The summed E-state index contributed by atoms with van der Waals surface area (Å²) in [6.07, 6.45) is 0. The van der Waals surface area contributed by atoms with Gasteiger partial charge in [0.25, 0.3) is 0 Å². The minimum Gasteiger partial charge on any atom is -0.486 e. The highest BCUT2D eigenvalue weighted by Crippen LogP contribution is 2.35. The van der Waals surface area contributed by atoms with E-state index in [9.17, 15) is 0 Å². The number of anilines is 1. The largest absolute Gasteiger partial charge is 0.486 e. The summed E-state index contributed by atoms with van der Waals surface area (Å²) in [5.41, 5.74) is 4.00. The van der Waals surface area contributed by atoms with Crippen molar-refractivity contribution in [2.45, 2.75) is 6.92 Å². The second kappa shape index (κ2) is 5.07. The fourth-order valence-electron chi connectivity index (χ4n) is 1.50. The van der Waals surface area contributed by atoms with E-state index < -0.39 is 0 Å². The van der Waals surface area contributed by atoms with Gasteiger partial charge < -0.3 is 9.47 Å². The first-order valence-electron chi connectivity index (χ1n) is 5.28. The molecule has 0 fully saturated rings. The fourth-order valence-corrected chi connectivity index (χ4v) is 1.50. The Balaban J connectivity index is 2.27. The van der Waals surface area contributed by atoms with E-state index in [1.54, 1.807) is 18.2 Å². The summed E-state index contributed by atoms with van der Waals surface area (Å²) in [4.78, 5) is 0. The molecule has 1 N–H and O–H groups in total. The molecule has 0 saturated heterocycles. The Hall–Kier alpha value is -2.73. The molecule has 0 radical (unpaired) electrons. The summed E-state index contributed by atoms with van der Waals surface area (Å²) < 4.78 is 10.9. The maximum atomic E-state index is 8.58. The number of hydrazone groups is 1. The highest BCUT2D eigenvalue weighted by molar-refractivity contribution is 6.10. The van der Waals surface area contributed by atoms with Crippen molar-refractivity contribution in [3.05, 3.63) is 17.7 Å². The second-order valence-corrected chi connectivity index (χ2v) is 3.61. The number of hydrogen-bond donors (Lipinski definition) is 1. The SMILES string of the molecule is Cc1cc2c(cc1NN=C(C#N)C#N)OCCO2. The maximum absolute atomic E-state index is 8.58. The standard InChI is InChI=1S/C12H10N4O2/c1-8-4-11-12(18-3-2-17-11)5-10(8)16-15-9(6-13)7-14/h4-5,16H,2-3H2,1H3. The molecule has 0 amide bonds. The first-order chi connectivity index (χ1) is 8.74. The van der Waals surface area contributed by atoms with Crippen molar-refractivity contribution in [3.8, 4) is 23.6 Å². The smallest absolute Gasteiger partial charge is 0.237 e. The van der Waals surface area contributed by atoms with Crippen LogP contribution >= 0.6 is 0 Å². The lowest BCUT2D eigenvalue weighted by Crippen LogP contribution is -2.15. The van der Waals surface area contributed by atoms with Gasteiger partial charge in [-0.2, -0.15) is 15.6 Å². The summed E-state index contributed by atoms with van der Waals surface area (Å²) in [5.74, 6) is 1.31. The molecule has 1 aliphatic rings. The van der Waals surface area contributed by atoms with Crippen LogP contribution in [0.5, 0.6) is 11.5 Å². The molecule has 0 unspecified atom stereocenters. The molecular formula is C12H10N4O2. The number of fused-ring (bicyclic) bond motifs is 1. The molecule has 6 heteroatoms. The molecule has 0 saturated carbocycles. The highest BCUT2D eigenvalue weighted by atomic mass is 16.6. The quantitative estimate of drug-likeness (QED) is 0.628. The number of nitrogens with zero attached hydrogens (tertiary/aromatic N) is 3. The van der Waals surface area contributed by atoms with Gasteiger partial charge in [0.1, 0.15) is 25.4 Å². The van der Waals surface area contributed by atoms with Crippen LogP contribution in [0.15, 0.2) is 17.2 Å². The molecule has 6 nitrogen and oxygen atoms in total. The van der Waals surface area contributed by atoms with E-state index in [4.69, 9.17) is 20.0 Å². The van der Waals surface area contributed by atoms with Gasteiger partial charge in [-0.3, -0.25) is 5.43 Å². The van der Waals surface area contributed by atoms with Crippen molar-refractivity contribution < 1.29 is 9.47 Å². The average Bonchev–Trinajstić information content (AvgIpc) is 2.40. The molecule has 1 aromatic carbocycles. The number of ether oxygens (including phenoxy) is 2. The monoisotopic (exact) mass is 242 g/mol. The first-order valence-corrected chi connectivity index (χ1v) is 5.28. The number of benzene rings is 1. The average molecular weight is 242 g/mol. The zero-order chi connectivity index (χ0) is 13.0. The summed E-state index contributed by atoms with van der Waals surface area (Å²) in [5, 5.41) is 20.8. The van der Waals surface area contributed by atoms with E-state index in [0.717, 1.165) is 5.56 Å². The van der Waals surface area contributed by atoms with E-state index in [2.05, 4.69) is 10.5 Å². The lowest BCUT2D eigenvalue weighted by atomic mass is 10.1. The number of hydrogen-bond acceptors (Lipinski definition) is 6. The minimum atomic E-state index is -0.232. The summed E-state index contributed by atoms with van der Waals surface area (Å²) >= 11 is 0. The summed E-state index contributed by atoms with van der Waals surface area (Å²) in [6, 6.07) is 6.91. The summed E-state index contributed by atoms with van der Waals surface area (Å²) in [7, 11) is 0. The topological polar surface area (TPSA) is 90.4 Å². The Morgan fingerprint density at radius 1 is 1.22 bits per heavy atom. The van der Waals surface area contributed by atoms with Crippen LogP contribution in [0.2, 0.25) is 0 Å². The Morgan fingerprint density at radius 2 is 1.83 bits per heavy atom. The van der Waals surface area contributed by atoms with Crippen LogP contribution in [0.1, 0.15) is 5.56 Å². The van der Waals surface area contributed by atoms with Crippen LogP contribution < -0.4 is 14.9 Å². The van der Waals surface area contributed by atoms with E-state index in [0.29, 0.717) is 30.4 Å². The molecule has 0 aromatic heterocycles. The Kier molecular flexibility index (Phi) is 3.31. The van der Waals surface area contributed by atoms with Gasteiger partial charge in [0.05, 0.1) is 5.69 Å². The Bertz CT molecular complexity index is 565. The van der Waals surface area contributed by atoms with Crippen LogP contribution in [0.4, 0.5) is 5.69 Å². The normalized spacial score (nSPS) is 11.9. The van der Waals surface area contributed by atoms with Crippen LogP contribution in [-0.4, -0.2) is 18.9 Å². The third-order valence-corrected chi connectivity index (χ3v) is 2.39. The maximum Gasteiger partial charge on any atom is 0.237 e. The molecule has 90 valence electrons. The number of nitriles is 2. The van der Waals surface area contributed by atoms with Crippen molar-refractivity contribution in [1.29, 1.82) is 10.5 Å². The van der Waals surface area contributed by atoms with Crippen molar-refractivity contribution in [3.63, 3.8) is 0 Å². The number of aryl methyl sites for hydroxylation is 1. The van der Waals surface area contributed by atoms with E-state index in [1.807, 2.05) is 13.0 Å². The molecule has 1 aliphatic heterocycles. The predicted octanol–water partition coefficient (Wildman–Crippen LogP) is 1.58. The molecule has 0 atom stereocenters. The third kappa shape index (κ3) is 2.33. The summed E-state index contributed by atoms with van der Waals surface area (Å²) in [6.45, 7) is 2.90. The van der Waals surface area contributed by atoms with E-state index in [-0.39, 0.29) is 5.71 Å². The van der Waals surface area contributed by atoms with Gasteiger partial charge in [0.2, 0.25) is 5.71 Å². The van der Waals surface area contributed by atoms with Gasteiger partial charge in [0.15, 0.2) is 11.5 Å². The number of rotatable bonds is 2. The highest BCUT2D eigenvalue weighted by Gasteiger charge is 2.13. The molecule has 1 heterocycles. The molecule has 0 aliphatic carbocycles. The van der Waals surface area contributed by atoms with Gasteiger partial charge in [-0.15, -0.1) is 0 Å². The first kappa shape index (κ1) is 11.7. The molecular weight excluding hydrogens is 232 g/mol. The molecule has 1 aromatic rings. The van der Waals surface area contributed by atoms with Gasteiger partial charge in [-0.05, 0) is 18.6 Å². The van der Waals surface area contributed by atoms with Crippen LogP contribution in [0, 0.1) is 29.6 Å². The molecule has 18 heavy (non-hydrogen) atoms. The van der Waals surface area contributed by atoms with Gasteiger partial charge in [0, 0.05) is 6.07 Å². The Morgan fingerprint density at radius 3 is 2.44 bits per heavy atom. The van der Waals surface area contributed by atoms with Crippen LogP contribution in [0.25, 0.3) is 0 Å².